The number of ether oxygens (including phenoxy) is 1. The summed E-state index contributed by atoms with van der Waals surface area (Å²) in [6, 6.07) is 0.0910. The molecule has 0 unspecified atom stereocenters. The molecule has 1 aromatic rings. The molecule has 0 bridgehead atoms. The number of hydrogen-bond donors (Lipinski definition) is 0. The number of hydrogen-bond acceptors (Lipinski definition) is 5. The molecule has 2 atom stereocenters. The van der Waals surface area contributed by atoms with Crippen molar-refractivity contribution in [2.75, 3.05) is 26.2 Å². The summed E-state index contributed by atoms with van der Waals surface area (Å²) in [4.78, 5) is 17.4. The van der Waals surface area contributed by atoms with Crippen LogP contribution in [0.15, 0.2) is 6.20 Å². The number of piperidine rings is 1. The van der Waals surface area contributed by atoms with Crippen LogP contribution in [0, 0.1) is 0 Å². The predicted octanol–water partition coefficient (Wildman–Crippen LogP) is 0.825. The topological polar surface area (TPSA) is 63.5 Å². The molecule has 1 amide bonds. The molecule has 126 valence electrons. The van der Waals surface area contributed by atoms with Gasteiger partial charge in [0.1, 0.15) is 0 Å². The van der Waals surface area contributed by atoms with Crippen LogP contribution in [-0.4, -0.2) is 68.5 Å². The Bertz CT molecular complexity index is 593. The Labute approximate surface area is 136 Å². The lowest BCUT2D eigenvalue weighted by atomic mass is 9.95. The lowest BCUT2D eigenvalue weighted by molar-refractivity contribution is -0.148. The van der Waals surface area contributed by atoms with Crippen LogP contribution in [0.4, 0.5) is 0 Å². The van der Waals surface area contributed by atoms with Gasteiger partial charge in [0.15, 0.2) is 0 Å². The van der Waals surface area contributed by atoms with Gasteiger partial charge in [-0.15, -0.1) is 5.10 Å². The molecular weight excluding hydrogens is 294 g/mol. The Morgan fingerprint density at radius 3 is 2.87 bits per heavy atom. The van der Waals surface area contributed by atoms with Gasteiger partial charge in [0.2, 0.25) is 5.91 Å². The molecule has 0 aromatic carbocycles. The van der Waals surface area contributed by atoms with Crippen LogP contribution in [0.3, 0.4) is 0 Å². The van der Waals surface area contributed by atoms with Crippen LogP contribution >= 0.6 is 0 Å². The van der Waals surface area contributed by atoms with E-state index < -0.39 is 5.54 Å². The summed E-state index contributed by atoms with van der Waals surface area (Å²) in [7, 11) is 0. The van der Waals surface area contributed by atoms with Gasteiger partial charge in [0.25, 0.3) is 0 Å². The molecule has 4 rings (SSSR count). The van der Waals surface area contributed by atoms with Crippen molar-refractivity contribution in [3.05, 3.63) is 11.9 Å². The average Bonchev–Trinajstić information content (AvgIpc) is 3.24. The van der Waals surface area contributed by atoms with Crippen LogP contribution < -0.4 is 0 Å². The van der Waals surface area contributed by atoms with Crippen molar-refractivity contribution in [1.82, 2.24) is 24.8 Å². The fourth-order valence-corrected chi connectivity index (χ4v) is 4.16. The van der Waals surface area contributed by atoms with Gasteiger partial charge in [-0.1, -0.05) is 5.21 Å². The molecule has 2 saturated heterocycles. The number of amides is 1. The highest BCUT2D eigenvalue weighted by Crippen LogP contribution is 2.32. The van der Waals surface area contributed by atoms with Crippen LogP contribution in [0.2, 0.25) is 0 Å². The highest BCUT2D eigenvalue weighted by atomic mass is 16.5. The molecule has 7 nitrogen and oxygen atoms in total. The van der Waals surface area contributed by atoms with E-state index in [1.54, 1.807) is 6.20 Å². The van der Waals surface area contributed by atoms with E-state index in [9.17, 15) is 4.79 Å². The highest BCUT2D eigenvalue weighted by molar-refractivity contribution is 5.85. The largest absolute Gasteiger partial charge is 0.370 e. The minimum absolute atomic E-state index is 0.0910. The summed E-state index contributed by atoms with van der Waals surface area (Å²) < 4.78 is 7.89. The number of likely N-dealkylation sites (tertiary alicyclic amines) is 2. The molecule has 7 heteroatoms. The number of fused-ring (bicyclic) bond motifs is 3. The molecule has 1 aromatic heterocycles. The fraction of sp³-hybridized carbons (Fsp3) is 0.812. The normalized spacial score (nSPS) is 28.5. The first kappa shape index (κ1) is 15.1. The van der Waals surface area contributed by atoms with E-state index in [4.69, 9.17) is 4.74 Å². The van der Waals surface area contributed by atoms with Crippen molar-refractivity contribution in [3.8, 4) is 0 Å². The number of carbonyl (C=O) groups excluding carboxylic acids is 1. The third-order valence-electron chi connectivity index (χ3n) is 5.64. The Hall–Kier alpha value is -1.47. The molecule has 0 radical (unpaired) electrons. The molecule has 4 heterocycles. The molecule has 3 aliphatic rings. The van der Waals surface area contributed by atoms with Crippen molar-refractivity contribution >= 4 is 5.91 Å². The maximum atomic E-state index is 13.1. The molecule has 0 N–H and O–H groups in total. The van der Waals surface area contributed by atoms with E-state index in [2.05, 4.69) is 29.1 Å². The van der Waals surface area contributed by atoms with E-state index in [-0.39, 0.29) is 18.1 Å². The van der Waals surface area contributed by atoms with Crippen LogP contribution in [-0.2, 0) is 16.1 Å². The summed E-state index contributed by atoms with van der Waals surface area (Å²) >= 11 is 0. The third kappa shape index (κ3) is 2.46. The van der Waals surface area contributed by atoms with Gasteiger partial charge >= 0.3 is 0 Å². The lowest BCUT2D eigenvalue weighted by Gasteiger charge is -2.44. The fourth-order valence-electron chi connectivity index (χ4n) is 4.16. The second kappa shape index (κ2) is 5.56. The maximum absolute atomic E-state index is 13.1. The van der Waals surface area contributed by atoms with E-state index in [0.29, 0.717) is 13.2 Å². The van der Waals surface area contributed by atoms with Gasteiger partial charge in [0.05, 0.1) is 36.2 Å². The van der Waals surface area contributed by atoms with Crippen LogP contribution in [0.5, 0.6) is 0 Å². The smallest absolute Gasteiger partial charge is 0.242 e. The Balaban J connectivity index is 1.52. The zero-order valence-electron chi connectivity index (χ0n) is 13.9. The predicted molar refractivity (Wildman–Crippen MR) is 83.7 cm³/mol. The quantitative estimate of drug-likeness (QED) is 0.808. The van der Waals surface area contributed by atoms with Crippen molar-refractivity contribution in [2.45, 2.75) is 57.4 Å². The first-order valence-corrected chi connectivity index (χ1v) is 8.62. The van der Waals surface area contributed by atoms with Crippen molar-refractivity contribution in [1.29, 1.82) is 0 Å². The molecule has 3 aliphatic heterocycles. The standard InChI is InChI=1S/C16H25N5O2/c1-16(2,20-6-3-4-7-20)15(22)19-8-5-14-13(10-19)21-12(11-23-14)9-17-18-21/h9,13-14H,3-8,10-11H2,1-2H3/t13-,14+/m0/s1. The SMILES string of the molecule is CC(C)(C(=O)N1CC[C@H]2OCc3cnnn3[C@H]2C1)N1CCCC1. The molecule has 0 aliphatic carbocycles. The Kier molecular flexibility index (Phi) is 3.65. The zero-order valence-corrected chi connectivity index (χ0v) is 13.9. The van der Waals surface area contributed by atoms with Crippen molar-refractivity contribution in [3.63, 3.8) is 0 Å². The summed E-state index contributed by atoms with van der Waals surface area (Å²) in [5, 5.41) is 8.21. The van der Waals surface area contributed by atoms with Gasteiger partial charge in [-0.3, -0.25) is 9.69 Å². The van der Waals surface area contributed by atoms with Crippen molar-refractivity contribution < 1.29 is 9.53 Å². The van der Waals surface area contributed by atoms with Gasteiger partial charge < -0.3 is 9.64 Å². The monoisotopic (exact) mass is 319 g/mol. The number of aromatic nitrogens is 3. The second-order valence-electron chi connectivity index (χ2n) is 7.38. The second-order valence-corrected chi connectivity index (χ2v) is 7.38. The summed E-state index contributed by atoms with van der Waals surface area (Å²) in [5.74, 6) is 0.227. The Morgan fingerprint density at radius 2 is 2.09 bits per heavy atom. The van der Waals surface area contributed by atoms with Gasteiger partial charge in [-0.05, 0) is 46.2 Å². The van der Waals surface area contributed by atoms with E-state index in [0.717, 1.165) is 31.7 Å². The van der Waals surface area contributed by atoms with Crippen LogP contribution in [0.1, 0.15) is 44.8 Å². The molecular formula is C16H25N5O2. The summed E-state index contributed by atoms with van der Waals surface area (Å²) in [6.07, 6.45) is 5.15. The van der Waals surface area contributed by atoms with E-state index in [1.165, 1.54) is 12.8 Å². The van der Waals surface area contributed by atoms with Gasteiger partial charge in [-0.2, -0.15) is 0 Å². The Morgan fingerprint density at radius 1 is 1.30 bits per heavy atom. The van der Waals surface area contributed by atoms with Crippen molar-refractivity contribution in [2.24, 2.45) is 0 Å². The van der Waals surface area contributed by atoms with Crippen LogP contribution in [0.25, 0.3) is 0 Å². The van der Waals surface area contributed by atoms with E-state index >= 15 is 0 Å². The molecule has 2 fully saturated rings. The number of carbonyl (C=O) groups is 1. The first-order chi connectivity index (χ1) is 11.1. The summed E-state index contributed by atoms with van der Waals surface area (Å²) in [6.45, 7) is 8.17. The third-order valence-corrected chi connectivity index (χ3v) is 5.64. The molecule has 0 saturated carbocycles. The summed E-state index contributed by atoms with van der Waals surface area (Å²) in [5.41, 5.74) is 0.573. The average molecular weight is 319 g/mol. The number of nitrogens with zero attached hydrogens (tertiary/aromatic N) is 5. The van der Waals surface area contributed by atoms with Gasteiger partial charge in [0, 0.05) is 13.1 Å². The maximum Gasteiger partial charge on any atom is 0.242 e. The minimum Gasteiger partial charge on any atom is -0.370 e. The van der Waals surface area contributed by atoms with E-state index in [1.807, 2.05) is 9.58 Å². The highest BCUT2D eigenvalue weighted by Gasteiger charge is 2.43. The minimum atomic E-state index is -0.427. The zero-order chi connectivity index (χ0) is 16.0. The van der Waals surface area contributed by atoms with Gasteiger partial charge in [-0.25, -0.2) is 4.68 Å². The molecule has 0 spiro atoms. The molecule has 23 heavy (non-hydrogen) atoms. The first-order valence-electron chi connectivity index (χ1n) is 8.62. The number of rotatable bonds is 2. The lowest BCUT2D eigenvalue weighted by Crippen LogP contribution is -2.59.